The average Bonchev–Trinajstić information content (AvgIpc) is 2.72. The van der Waals surface area contributed by atoms with Gasteiger partial charge in [0.2, 0.25) is 5.92 Å². The van der Waals surface area contributed by atoms with Crippen molar-refractivity contribution < 1.29 is 8.78 Å². The van der Waals surface area contributed by atoms with Crippen LogP contribution in [0.15, 0.2) is 0 Å². The summed E-state index contributed by atoms with van der Waals surface area (Å²) in [6.45, 7) is 0.592. The van der Waals surface area contributed by atoms with E-state index in [1.807, 2.05) is 11.8 Å². The summed E-state index contributed by atoms with van der Waals surface area (Å²) in [6.07, 6.45) is 2.52. The van der Waals surface area contributed by atoms with Crippen LogP contribution in [0.5, 0.6) is 0 Å². The molecule has 0 aromatic rings. The fourth-order valence-corrected chi connectivity index (χ4v) is 4.33. The maximum atomic E-state index is 13.1. The minimum absolute atomic E-state index is 0.0329. The SMILES string of the molecule is NCC1(C2CCSC2)CCC(F)(F)CC1. The van der Waals surface area contributed by atoms with Crippen LogP contribution in [0, 0.1) is 11.3 Å². The van der Waals surface area contributed by atoms with E-state index in [4.69, 9.17) is 5.73 Å². The van der Waals surface area contributed by atoms with E-state index >= 15 is 0 Å². The highest BCUT2D eigenvalue weighted by molar-refractivity contribution is 7.99. The number of nitrogens with two attached hydrogens (primary N) is 1. The topological polar surface area (TPSA) is 26.0 Å². The largest absolute Gasteiger partial charge is 0.330 e. The number of halogens is 2. The predicted octanol–water partition coefficient (Wildman–Crippen LogP) is 2.89. The molecular weight excluding hydrogens is 216 g/mol. The van der Waals surface area contributed by atoms with Crippen molar-refractivity contribution in [1.82, 2.24) is 0 Å². The summed E-state index contributed by atoms with van der Waals surface area (Å²) in [7, 11) is 0. The van der Waals surface area contributed by atoms with Crippen LogP contribution >= 0.6 is 11.8 Å². The summed E-state index contributed by atoms with van der Waals surface area (Å²) in [5.74, 6) is 0.472. The molecule has 4 heteroatoms. The van der Waals surface area contributed by atoms with Gasteiger partial charge in [-0.1, -0.05) is 0 Å². The van der Waals surface area contributed by atoms with E-state index in [0.29, 0.717) is 25.3 Å². The fraction of sp³-hybridized carbons (Fsp3) is 1.00. The maximum absolute atomic E-state index is 13.1. The second-order valence-corrected chi connectivity index (χ2v) is 6.13. The van der Waals surface area contributed by atoms with Crippen molar-refractivity contribution >= 4 is 11.8 Å². The molecule has 1 atom stereocenters. The van der Waals surface area contributed by atoms with Gasteiger partial charge in [0.25, 0.3) is 0 Å². The van der Waals surface area contributed by atoms with Crippen molar-refractivity contribution in [3.63, 3.8) is 0 Å². The summed E-state index contributed by atoms with van der Waals surface area (Å²) in [5.41, 5.74) is 5.89. The van der Waals surface area contributed by atoms with Crippen LogP contribution in [0.2, 0.25) is 0 Å². The Labute approximate surface area is 94.2 Å². The molecule has 0 aromatic heterocycles. The van der Waals surface area contributed by atoms with Crippen molar-refractivity contribution in [2.45, 2.75) is 38.0 Å². The highest BCUT2D eigenvalue weighted by Gasteiger charge is 2.47. The van der Waals surface area contributed by atoms with E-state index in [2.05, 4.69) is 0 Å². The van der Waals surface area contributed by atoms with E-state index in [0.717, 1.165) is 5.75 Å². The third-order valence-corrected chi connectivity index (χ3v) is 5.34. The molecule has 1 saturated heterocycles. The lowest BCUT2D eigenvalue weighted by atomic mass is 9.65. The van der Waals surface area contributed by atoms with Crippen LogP contribution in [0.25, 0.3) is 0 Å². The molecule has 1 saturated carbocycles. The predicted molar refractivity (Wildman–Crippen MR) is 60.3 cm³/mol. The van der Waals surface area contributed by atoms with Gasteiger partial charge in [-0.25, -0.2) is 8.78 Å². The molecule has 1 aliphatic heterocycles. The van der Waals surface area contributed by atoms with Crippen molar-refractivity contribution in [2.75, 3.05) is 18.1 Å². The van der Waals surface area contributed by atoms with Crippen LogP contribution in [0.3, 0.4) is 0 Å². The van der Waals surface area contributed by atoms with Crippen molar-refractivity contribution in [3.8, 4) is 0 Å². The lowest BCUT2D eigenvalue weighted by Gasteiger charge is -2.43. The average molecular weight is 235 g/mol. The standard InChI is InChI=1S/C11H19F2NS/c12-11(13)4-2-10(8-14,3-5-11)9-1-6-15-7-9/h9H,1-8,14H2. The Bertz CT molecular complexity index is 217. The monoisotopic (exact) mass is 235 g/mol. The van der Waals surface area contributed by atoms with Gasteiger partial charge in [-0.2, -0.15) is 11.8 Å². The molecule has 0 bridgehead atoms. The molecule has 15 heavy (non-hydrogen) atoms. The zero-order chi connectivity index (χ0) is 10.9. The molecule has 88 valence electrons. The summed E-state index contributed by atoms with van der Waals surface area (Å²) in [5, 5.41) is 0. The molecule has 2 N–H and O–H groups in total. The van der Waals surface area contributed by atoms with Crippen LogP contribution in [0.1, 0.15) is 32.1 Å². The van der Waals surface area contributed by atoms with Gasteiger partial charge in [-0.15, -0.1) is 0 Å². The number of hydrogen-bond acceptors (Lipinski definition) is 2. The molecule has 2 fully saturated rings. The number of thioether (sulfide) groups is 1. The molecule has 1 unspecified atom stereocenters. The number of hydrogen-bond donors (Lipinski definition) is 1. The van der Waals surface area contributed by atoms with E-state index in [1.54, 1.807) is 0 Å². The first-order valence-electron chi connectivity index (χ1n) is 5.74. The molecule has 1 aliphatic carbocycles. The van der Waals surface area contributed by atoms with Gasteiger partial charge in [-0.3, -0.25) is 0 Å². The highest BCUT2D eigenvalue weighted by atomic mass is 32.2. The van der Waals surface area contributed by atoms with Crippen LogP contribution in [-0.4, -0.2) is 24.0 Å². The number of alkyl halides is 2. The smallest absolute Gasteiger partial charge is 0.248 e. The molecule has 2 aliphatic rings. The summed E-state index contributed by atoms with van der Waals surface area (Å²) < 4.78 is 26.3. The maximum Gasteiger partial charge on any atom is 0.248 e. The number of rotatable bonds is 2. The van der Waals surface area contributed by atoms with E-state index in [1.165, 1.54) is 12.2 Å². The molecule has 2 rings (SSSR count). The minimum atomic E-state index is -2.43. The third-order valence-electron chi connectivity index (χ3n) is 4.18. The zero-order valence-corrected chi connectivity index (χ0v) is 9.79. The lowest BCUT2D eigenvalue weighted by molar-refractivity contribution is -0.0761. The Hall–Kier alpha value is 0.170. The fourth-order valence-electron chi connectivity index (χ4n) is 2.91. The van der Waals surface area contributed by atoms with Crippen LogP contribution in [0.4, 0.5) is 8.78 Å². The van der Waals surface area contributed by atoms with Gasteiger partial charge in [-0.05, 0) is 48.6 Å². The van der Waals surface area contributed by atoms with Gasteiger partial charge in [0.1, 0.15) is 0 Å². The van der Waals surface area contributed by atoms with Crippen molar-refractivity contribution in [1.29, 1.82) is 0 Å². The van der Waals surface area contributed by atoms with E-state index in [-0.39, 0.29) is 18.3 Å². The van der Waals surface area contributed by atoms with Crippen molar-refractivity contribution in [3.05, 3.63) is 0 Å². The highest BCUT2D eigenvalue weighted by Crippen LogP contribution is 2.50. The third kappa shape index (κ3) is 2.31. The molecule has 1 nitrogen and oxygen atoms in total. The summed E-state index contributed by atoms with van der Waals surface area (Å²) in [6, 6.07) is 0. The van der Waals surface area contributed by atoms with Gasteiger partial charge < -0.3 is 5.73 Å². The Balaban J connectivity index is 2.03. The first-order valence-corrected chi connectivity index (χ1v) is 6.89. The Kier molecular flexibility index (Phi) is 3.27. The molecular formula is C11H19F2NS. The quantitative estimate of drug-likeness (QED) is 0.796. The molecule has 0 amide bonds. The first-order chi connectivity index (χ1) is 7.08. The summed E-state index contributed by atoms with van der Waals surface area (Å²) in [4.78, 5) is 0. The van der Waals surface area contributed by atoms with Gasteiger partial charge in [0, 0.05) is 12.8 Å². The second-order valence-electron chi connectivity index (χ2n) is 4.98. The minimum Gasteiger partial charge on any atom is -0.330 e. The Morgan fingerprint density at radius 3 is 2.33 bits per heavy atom. The van der Waals surface area contributed by atoms with Crippen LogP contribution in [-0.2, 0) is 0 Å². The van der Waals surface area contributed by atoms with Gasteiger partial charge in [0.15, 0.2) is 0 Å². The van der Waals surface area contributed by atoms with Crippen molar-refractivity contribution in [2.24, 2.45) is 17.1 Å². The van der Waals surface area contributed by atoms with E-state index in [9.17, 15) is 8.78 Å². The van der Waals surface area contributed by atoms with E-state index < -0.39 is 5.92 Å². The molecule has 1 heterocycles. The molecule has 0 radical (unpaired) electrons. The summed E-state index contributed by atoms with van der Waals surface area (Å²) >= 11 is 1.95. The molecule has 0 aromatic carbocycles. The second kappa shape index (κ2) is 4.21. The lowest BCUT2D eigenvalue weighted by Crippen LogP contribution is -2.44. The first kappa shape index (κ1) is 11.6. The van der Waals surface area contributed by atoms with Gasteiger partial charge in [0.05, 0.1) is 0 Å². The normalized spacial score (nSPS) is 34.2. The Morgan fingerprint density at radius 2 is 1.87 bits per heavy atom. The van der Waals surface area contributed by atoms with Gasteiger partial charge >= 0.3 is 0 Å². The van der Waals surface area contributed by atoms with Crippen LogP contribution < -0.4 is 5.73 Å². The zero-order valence-electron chi connectivity index (χ0n) is 8.98. The Morgan fingerprint density at radius 1 is 1.20 bits per heavy atom. The molecule has 0 spiro atoms.